The smallest absolute Gasteiger partial charge is 0.271 e. The Morgan fingerprint density at radius 1 is 0.806 bits per heavy atom. The molecule has 1 aromatic carbocycles. The zero-order valence-corrected chi connectivity index (χ0v) is 40.3. The third-order valence-electron chi connectivity index (χ3n) is 11.8. The van der Waals surface area contributed by atoms with Gasteiger partial charge in [0.05, 0.1) is 30.2 Å². The molecule has 1 saturated heterocycles. The number of aliphatic hydroxyl groups excluding tert-OH is 1. The first-order chi connectivity index (χ1) is 31.8. The van der Waals surface area contributed by atoms with Gasteiger partial charge in [0.2, 0.25) is 41.4 Å². The molecule has 8 amide bonds. The minimum absolute atomic E-state index is 0.0237. The van der Waals surface area contributed by atoms with E-state index >= 15 is 0 Å². The fraction of sp³-hybridized carbons (Fsp3) is 0.600. The molecule has 0 radical (unpaired) electrons. The first kappa shape index (κ1) is 52.4. The van der Waals surface area contributed by atoms with Gasteiger partial charge >= 0.3 is 0 Å². The number of aliphatic hydroxyl groups is 1. The minimum Gasteiger partial charge on any atom is -0.508 e. The van der Waals surface area contributed by atoms with Gasteiger partial charge in [-0.25, -0.2) is 4.98 Å². The molecule has 9 atom stereocenters. The average Bonchev–Trinajstić information content (AvgIpc) is 4.08. The Kier molecular flexibility index (Phi) is 18.7. The number of nitrogens with one attached hydrogen (secondary N) is 6. The highest BCUT2D eigenvalue weighted by Crippen LogP contribution is 2.27. The number of carbonyl (C=O) groups is 8. The number of aliphatic imine (C=N–C) groups is 1. The van der Waals surface area contributed by atoms with Crippen molar-refractivity contribution in [1.82, 2.24) is 41.8 Å². The molecule has 22 heteroatoms. The summed E-state index contributed by atoms with van der Waals surface area (Å²) in [4.78, 5) is 121. The van der Waals surface area contributed by atoms with Crippen LogP contribution in [0.25, 0.3) is 0 Å². The zero-order valence-electron chi connectivity index (χ0n) is 38.7. The van der Waals surface area contributed by atoms with Gasteiger partial charge < -0.3 is 52.7 Å². The molecule has 10 N–H and O–H groups in total. The van der Waals surface area contributed by atoms with Crippen LogP contribution in [0.15, 0.2) is 34.6 Å². The summed E-state index contributed by atoms with van der Waals surface area (Å²) in [5, 5.41) is 39.2. The number of thiazole rings is 1. The van der Waals surface area contributed by atoms with Crippen molar-refractivity contribution in [1.29, 1.82) is 0 Å². The van der Waals surface area contributed by atoms with Gasteiger partial charge in [0.25, 0.3) is 5.91 Å². The Morgan fingerprint density at radius 2 is 1.43 bits per heavy atom. The highest BCUT2D eigenvalue weighted by molar-refractivity contribution is 8.14. The number of nitrogens with two attached hydrogens (primary N) is 1. The molecule has 4 bridgehead atoms. The molecule has 1 fully saturated rings. The third kappa shape index (κ3) is 14.2. The first-order valence-electron chi connectivity index (χ1n) is 22.7. The van der Waals surface area contributed by atoms with Crippen LogP contribution in [-0.2, 0) is 40.0 Å². The number of primary amides is 1. The van der Waals surface area contributed by atoms with E-state index < -0.39 is 109 Å². The van der Waals surface area contributed by atoms with Crippen molar-refractivity contribution in [2.45, 2.75) is 135 Å². The number of amides is 8. The summed E-state index contributed by atoms with van der Waals surface area (Å²) in [7, 11) is 0. The molecule has 1 aromatic heterocycles. The number of hydrogen-bond acceptors (Lipinski definition) is 14. The molecule has 5 rings (SSSR count). The standard InChI is InChI=1S/C45H64N10O10S2/c1-7-24(6)36-42(64)47-27(15-22(2)3)37(59)49-29(17-25-10-12-26(57)13-11-25)44-52-32(20-67-44)39(61)50-30(18-35(46)58)45(65)55-14-8-9-34(55)41(63)51-31(19-56)38(60)48-28(16-23(4)5)43-53-33(21-66-43)40(62)54-36/h10-13,20,22-24,27-31,33-34,36,56-57H,7-9,14-19,21H2,1-6H3,(H2,46,58)(H,47,64)(H,48,60)(H,49,59)(H,50,61)(H,51,63)(H,54,62). The highest BCUT2D eigenvalue weighted by atomic mass is 32.2. The largest absolute Gasteiger partial charge is 0.508 e. The van der Waals surface area contributed by atoms with Gasteiger partial charge in [0.1, 0.15) is 52.7 Å². The van der Waals surface area contributed by atoms with Gasteiger partial charge in [-0.05, 0) is 67.6 Å². The number of benzene rings is 1. The Morgan fingerprint density at radius 3 is 2.07 bits per heavy atom. The second kappa shape index (κ2) is 23.9. The fourth-order valence-electron chi connectivity index (χ4n) is 8.09. The van der Waals surface area contributed by atoms with E-state index in [0.29, 0.717) is 29.9 Å². The van der Waals surface area contributed by atoms with Crippen molar-refractivity contribution in [2.75, 3.05) is 18.9 Å². The molecule has 2 aromatic rings. The number of phenolic OH excluding ortho intramolecular Hbond substituents is 1. The van der Waals surface area contributed by atoms with Gasteiger partial charge in [0.15, 0.2) is 0 Å². The first-order valence-corrected chi connectivity index (χ1v) is 24.6. The van der Waals surface area contributed by atoms with Crippen LogP contribution < -0.4 is 37.6 Å². The van der Waals surface area contributed by atoms with E-state index in [4.69, 9.17) is 10.7 Å². The number of fused-ring (bicyclic) bond motifs is 4. The molecule has 0 aliphatic carbocycles. The van der Waals surface area contributed by atoms with E-state index in [-0.39, 0.29) is 65.8 Å². The minimum atomic E-state index is -1.51. The summed E-state index contributed by atoms with van der Waals surface area (Å²) in [5.74, 6) is -5.83. The highest BCUT2D eigenvalue weighted by Gasteiger charge is 2.41. The number of thioether (sulfide) groups is 1. The van der Waals surface area contributed by atoms with E-state index in [2.05, 4.69) is 36.9 Å². The predicted octanol–water partition coefficient (Wildman–Crippen LogP) is 0.811. The van der Waals surface area contributed by atoms with Crippen LogP contribution in [0.3, 0.4) is 0 Å². The monoisotopic (exact) mass is 968 g/mol. The molecular formula is C45H64N10O10S2. The number of aromatic nitrogens is 1. The van der Waals surface area contributed by atoms with Crippen LogP contribution in [0.1, 0.15) is 107 Å². The molecule has 0 spiro atoms. The second-order valence-electron chi connectivity index (χ2n) is 18.2. The maximum absolute atomic E-state index is 14.4. The average molecular weight is 969 g/mol. The molecule has 9 unspecified atom stereocenters. The summed E-state index contributed by atoms with van der Waals surface area (Å²) in [6.07, 6.45) is 1.21. The SMILES string of the molecule is CCC(C)C1NC(=O)C2CSC(=N2)C(CC(C)C)NC(=O)C(CO)NC(=O)C2CCCN2C(=O)C(CC(N)=O)NC(=O)c2csc(n2)C(Cc2ccc(O)cc2)NC(=O)C(CC(C)C)NC1=O. The molecule has 67 heavy (non-hydrogen) atoms. The number of nitrogens with zero attached hydrogens (tertiary/aromatic N) is 3. The van der Waals surface area contributed by atoms with Gasteiger partial charge in [-0.3, -0.25) is 43.3 Å². The van der Waals surface area contributed by atoms with Crippen LogP contribution in [0.2, 0.25) is 0 Å². The lowest BCUT2D eigenvalue weighted by Crippen LogP contribution is -2.58. The predicted molar refractivity (Wildman–Crippen MR) is 251 cm³/mol. The van der Waals surface area contributed by atoms with Crippen molar-refractivity contribution in [3.8, 4) is 5.75 Å². The number of hydrogen-bond donors (Lipinski definition) is 9. The molecule has 4 heterocycles. The summed E-state index contributed by atoms with van der Waals surface area (Å²) in [6, 6.07) is -2.41. The van der Waals surface area contributed by atoms with Crippen molar-refractivity contribution in [2.24, 2.45) is 28.5 Å². The zero-order chi connectivity index (χ0) is 49.1. The maximum Gasteiger partial charge on any atom is 0.271 e. The van der Waals surface area contributed by atoms with E-state index in [1.54, 1.807) is 12.1 Å². The van der Waals surface area contributed by atoms with Crippen LogP contribution in [0.4, 0.5) is 0 Å². The van der Waals surface area contributed by atoms with E-state index in [9.17, 15) is 48.6 Å². The van der Waals surface area contributed by atoms with Crippen molar-refractivity contribution < 1.29 is 48.6 Å². The van der Waals surface area contributed by atoms with Crippen molar-refractivity contribution in [3.05, 3.63) is 45.9 Å². The van der Waals surface area contributed by atoms with Crippen molar-refractivity contribution >= 4 is 75.4 Å². The molecule has 3 aliphatic rings. The van der Waals surface area contributed by atoms with Crippen LogP contribution >= 0.6 is 23.1 Å². The maximum atomic E-state index is 14.4. The molecule has 20 nitrogen and oxygen atoms in total. The Bertz CT molecular complexity index is 2170. The lowest BCUT2D eigenvalue weighted by molar-refractivity contribution is -0.141. The van der Waals surface area contributed by atoms with Gasteiger partial charge in [0, 0.05) is 17.7 Å². The molecule has 366 valence electrons. The molecule has 3 aliphatic heterocycles. The number of rotatable bonds is 11. The Labute approximate surface area is 398 Å². The third-order valence-corrected chi connectivity index (χ3v) is 14.0. The lowest BCUT2D eigenvalue weighted by atomic mass is 9.96. The quantitative estimate of drug-likeness (QED) is 0.151. The normalized spacial score (nSPS) is 26.7. The second-order valence-corrected chi connectivity index (χ2v) is 20.1. The summed E-state index contributed by atoms with van der Waals surface area (Å²) in [6.45, 7) is 10.6. The van der Waals surface area contributed by atoms with E-state index in [1.807, 2.05) is 41.5 Å². The van der Waals surface area contributed by atoms with Crippen LogP contribution in [-0.4, -0.2) is 134 Å². The number of carbonyl (C=O) groups excluding carboxylic acids is 8. The fourth-order valence-corrected chi connectivity index (χ4v) is 10.1. The summed E-state index contributed by atoms with van der Waals surface area (Å²) in [5.41, 5.74) is 6.09. The Hall–Kier alpha value is -5.61. The number of aromatic hydroxyl groups is 1. The lowest BCUT2D eigenvalue weighted by Gasteiger charge is -2.29. The van der Waals surface area contributed by atoms with Gasteiger partial charge in [-0.1, -0.05) is 60.1 Å². The van der Waals surface area contributed by atoms with Crippen LogP contribution in [0.5, 0.6) is 5.75 Å². The van der Waals surface area contributed by atoms with Crippen LogP contribution in [0, 0.1) is 17.8 Å². The van der Waals surface area contributed by atoms with Gasteiger partial charge in [-0.15, -0.1) is 23.1 Å². The van der Waals surface area contributed by atoms with Gasteiger partial charge in [-0.2, -0.15) is 0 Å². The molecule has 0 saturated carbocycles. The molecular weight excluding hydrogens is 905 g/mol. The number of phenols is 1. The van der Waals surface area contributed by atoms with Crippen molar-refractivity contribution in [3.63, 3.8) is 0 Å². The topological polar surface area (TPSA) is 304 Å². The summed E-state index contributed by atoms with van der Waals surface area (Å²) >= 11 is 2.31. The van der Waals surface area contributed by atoms with E-state index in [1.165, 1.54) is 34.2 Å². The van der Waals surface area contributed by atoms with E-state index in [0.717, 1.165) is 11.3 Å². The Balaban J connectivity index is 1.55. The summed E-state index contributed by atoms with van der Waals surface area (Å²) < 4.78 is 0.